The third kappa shape index (κ3) is 4.40. The molecule has 0 saturated heterocycles. The van der Waals surface area contributed by atoms with E-state index in [1.54, 1.807) is 31.5 Å². The summed E-state index contributed by atoms with van der Waals surface area (Å²) in [6, 6.07) is 6.93. The lowest BCUT2D eigenvalue weighted by Gasteiger charge is -2.16. The van der Waals surface area contributed by atoms with Crippen LogP contribution >= 0.6 is 0 Å². The largest absolute Gasteiger partial charge is 0.367 e. The minimum atomic E-state index is -0.232. The number of hydrogen-bond acceptors (Lipinski definition) is 7. The average Bonchev–Trinajstić information content (AvgIpc) is 3.36. The van der Waals surface area contributed by atoms with Crippen LogP contribution in [0.4, 0.5) is 5.82 Å². The van der Waals surface area contributed by atoms with Gasteiger partial charge in [0.15, 0.2) is 0 Å². The molecule has 2 N–H and O–H groups in total. The first-order chi connectivity index (χ1) is 14.5. The molecule has 9 nitrogen and oxygen atoms in total. The van der Waals surface area contributed by atoms with Gasteiger partial charge in [-0.3, -0.25) is 9.59 Å². The molecule has 0 aliphatic heterocycles. The molecule has 1 fully saturated rings. The lowest BCUT2D eigenvalue weighted by atomic mass is 10.1. The third-order valence-corrected chi connectivity index (χ3v) is 5.32. The summed E-state index contributed by atoms with van der Waals surface area (Å²) in [6.45, 7) is 4.32. The standard InChI is InChI=1S/C21H24N6O3/c1-13-8-19(22-12-17(13)27-20(28)4-3-7-24-27)25-16-6-5-15(10-16)11-23-21(29)18-9-14(2)26-30-18/h3-4,7-9,12,15-16H,5-6,10-11H2,1-2H3,(H,22,25)(H,23,29)/t15-,16+/m1/s1. The zero-order chi connectivity index (χ0) is 21.1. The predicted octanol–water partition coefficient (Wildman–Crippen LogP) is 2.24. The van der Waals surface area contributed by atoms with Gasteiger partial charge >= 0.3 is 0 Å². The van der Waals surface area contributed by atoms with Gasteiger partial charge in [0.1, 0.15) is 5.82 Å². The number of carbonyl (C=O) groups excluding carboxylic acids is 1. The Bertz CT molecular complexity index is 1110. The predicted molar refractivity (Wildman–Crippen MR) is 111 cm³/mol. The van der Waals surface area contributed by atoms with Crippen molar-refractivity contribution >= 4 is 11.7 Å². The van der Waals surface area contributed by atoms with Gasteiger partial charge in [0.05, 0.1) is 17.6 Å². The van der Waals surface area contributed by atoms with Crippen LogP contribution in [-0.2, 0) is 0 Å². The second kappa shape index (κ2) is 8.48. The number of pyridine rings is 1. The van der Waals surface area contributed by atoms with Crippen molar-refractivity contribution in [1.82, 2.24) is 25.2 Å². The van der Waals surface area contributed by atoms with E-state index in [2.05, 4.69) is 25.9 Å². The number of nitrogens with zero attached hydrogens (tertiary/aromatic N) is 4. The van der Waals surface area contributed by atoms with Gasteiger partial charge in [0, 0.05) is 30.9 Å². The minimum Gasteiger partial charge on any atom is -0.367 e. The number of hydrogen-bond donors (Lipinski definition) is 2. The number of nitrogens with one attached hydrogen (secondary N) is 2. The molecule has 3 heterocycles. The van der Waals surface area contributed by atoms with Crippen molar-refractivity contribution in [3.63, 3.8) is 0 Å². The fraction of sp³-hybridized carbons (Fsp3) is 0.381. The number of carbonyl (C=O) groups is 1. The maximum atomic E-state index is 12.1. The lowest BCUT2D eigenvalue weighted by Crippen LogP contribution is -2.28. The summed E-state index contributed by atoms with van der Waals surface area (Å²) in [7, 11) is 0. The molecule has 2 atom stereocenters. The van der Waals surface area contributed by atoms with Gasteiger partial charge < -0.3 is 15.2 Å². The number of amides is 1. The molecular formula is C21H24N6O3. The van der Waals surface area contributed by atoms with Crippen LogP contribution < -0.4 is 16.2 Å². The van der Waals surface area contributed by atoms with E-state index in [1.165, 1.54) is 10.7 Å². The maximum absolute atomic E-state index is 12.1. The molecule has 0 spiro atoms. The topological polar surface area (TPSA) is 115 Å². The molecule has 3 aromatic heterocycles. The molecule has 1 amide bonds. The van der Waals surface area contributed by atoms with Gasteiger partial charge in [-0.25, -0.2) is 4.98 Å². The molecule has 3 aromatic rings. The van der Waals surface area contributed by atoms with Crippen molar-refractivity contribution in [2.75, 3.05) is 11.9 Å². The van der Waals surface area contributed by atoms with Gasteiger partial charge in [-0.15, -0.1) is 0 Å². The second-order valence-corrected chi connectivity index (χ2v) is 7.69. The lowest BCUT2D eigenvalue weighted by molar-refractivity contribution is 0.0910. The summed E-state index contributed by atoms with van der Waals surface area (Å²) in [5, 5.41) is 14.2. The zero-order valence-electron chi connectivity index (χ0n) is 17.0. The van der Waals surface area contributed by atoms with E-state index in [4.69, 9.17) is 4.52 Å². The highest BCUT2D eigenvalue weighted by atomic mass is 16.5. The molecular weight excluding hydrogens is 384 g/mol. The van der Waals surface area contributed by atoms with Gasteiger partial charge in [-0.1, -0.05) is 5.16 Å². The van der Waals surface area contributed by atoms with Crippen molar-refractivity contribution in [3.8, 4) is 5.69 Å². The van der Waals surface area contributed by atoms with Crippen LogP contribution in [0.3, 0.4) is 0 Å². The SMILES string of the molecule is Cc1cc(C(=O)NC[C@@H]2CC[C@H](Nc3cc(C)c(-n4ncccc4=O)cn3)C2)on1. The van der Waals surface area contributed by atoms with E-state index in [-0.39, 0.29) is 23.3 Å². The quantitative estimate of drug-likeness (QED) is 0.643. The molecule has 1 aliphatic carbocycles. The number of aryl methyl sites for hydroxylation is 2. The first kappa shape index (κ1) is 19.8. The van der Waals surface area contributed by atoms with Crippen LogP contribution in [0.25, 0.3) is 5.69 Å². The highest BCUT2D eigenvalue weighted by Crippen LogP contribution is 2.28. The summed E-state index contributed by atoms with van der Waals surface area (Å²) in [5.41, 5.74) is 2.08. The molecule has 1 saturated carbocycles. The normalized spacial score (nSPS) is 18.3. The number of aromatic nitrogens is 4. The Morgan fingerprint density at radius 2 is 2.17 bits per heavy atom. The van der Waals surface area contributed by atoms with Gasteiger partial charge in [-0.05, 0) is 56.7 Å². The molecule has 0 aromatic carbocycles. The summed E-state index contributed by atoms with van der Waals surface area (Å²) in [4.78, 5) is 28.6. The Morgan fingerprint density at radius 1 is 1.30 bits per heavy atom. The Kier molecular flexibility index (Phi) is 5.60. The Morgan fingerprint density at radius 3 is 2.90 bits per heavy atom. The van der Waals surface area contributed by atoms with E-state index in [1.807, 2.05) is 13.0 Å². The van der Waals surface area contributed by atoms with E-state index in [9.17, 15) is 9.59 Å². The molecule has 0 unspecified atom stereocenters. The minimum absolute atomic E-state index is 0.190. The van der Waals surface area contributed by atoms with E-state index in [0.717, 1.165) is 30.6 Å². The second-order valence-electron chi connectivity index (χ2n) is 7.69. The van der Waals surface area contributed by atoms with E-state index < -0.39 is 0 Å². The monoisotopic (exact) mass is 408 g/mol. The molecule has 1 aliphatic rings. The molecule has 0 bridgehead atoms. The van der Waals surface area contributed by atoms with Crippen LogP contribution in [0.15, 0.2) is 46.0 Å². The van der Waals surface area contributed by atoms with Crippen LogP contribution in [0.2, 0.25) is 0 Å². The first-order valence-corrected chi connectivity index (χ1v) is 9.99. The van der Waals surface area contributed by atoms with Gasteiger partial charge in [0.2, 0.25) is 5.76 Å². The van der Waals surface area contributed by atoms with Gasteiger partial charge in [0.25, 0.3) is 11.5 Å². The zero-order valence-corrected chi connectivity index (χ0v) is 17.0. The van der Waals surface area contributed by atoms with Crippen LogP contribution in [0, 0.1) is 19.8 Å². The van der Waals surface area contributed by atoms with Crippen LogP contribution in [0.5, 0.6) is 0 Å². The van der Waals surface area contributed by atoms with Crippen LogP contribution in [-0.4, -0.2) is 38.4 Å². The summed E-state index contributed by atoms with van der Waals surface area (Å²) < 4.78 is 6.34. The Hall–Kier alpha value is -3.49. The van der Waals surface area contributed by atoms with Crippen molar-refractivity contribution in [1.29, 1.82) is 0 Å². The molecule has 4 rings (SSSR count). The van der Waals surface area contributed by atoms with Crippen LogP contribution in [0.1, 0.15) is 41.1 Å². The fourth-order valence-corrected chi connectivity index (χ4v) is 3.78. The molecule has 0 radical (unpaired) electrons. The van der Waals surface area contributed by atoms with E-state index >= 15 is 0 Å². The van der Waals surface area contributed by atoms with Crippen molar-refractivity contribution < 1.29 is 9.32 Å². The summed E-state index contributed by atoms with van der Waals surface area (Å²) in [6.07, 6.45) is 6.21. The summed E-state index contributed by atoms with van der Waals surface area (Å²) in [5.74, 6) is 1.17. The van der Waals surface area contributed by atoms with Gasteiger partial charge in [-0.2, -0.15) is 9.78 Å². The highest BCUT2D eigenvalue weighted by Gasteiger charge is 2.26. The van der Waals surface area contributed by atoms with Crippen molar-refractivity contribution in [2.24, 2.45) is 5.92 Å². The average molecular weight is 408 g/mol. The molecule has 156 valence electrons. The smallest absolute Gasteiger partial charge is 0.289 e. The maximum Gasteiger partial charge on any atom is 0.289 e. The Balaban J connectivity index is 1.32. The van der Waals surface area contributed by atoms with Crippen molar-refractivity contribution in [2.45, 2.75) is 39.2 Å². The summed E-state index contributed by atoms with van der Waals surface area (Å²) >= 11 is 0. The first-order valence-electron chi connectivity index (χ1n) is 9.99. The molecule has 30 heavy (non-hydrogen) atoms. The fourth-order valence-electron chi connectivity index (χ4n) is 3.78. The van der Waals surface area contributed by atoms with E-state index in [0.29, 0.717) is 23.8 Å². The number of anilines is 1. The highest BCUT2D eigenvalue weighted by molar-refractivity contribution is 5.91. The molecule has 9 heteroatoms. The van der Waals surface area contributed by atoms with Crippen molar-refractivity contribution in [3.05, 3.63) is 64.0 Å². The third-order valence-electron chi connectivity index (χ3n) is 5.32. The number of rotatable bonds is 6. The Labute approximate surface area is 173 Å².